The van der Waals surface area contributed by atoms with E-state index in [1.807, 2.05) is 12.1 Å². The average Bonchev–Trinajstić information content (AvgIpc) is 2.43. The Morgan fingerprint density at radius 3 is 1.25 bits per heavy atom. The topological polar surface area (TPSA) is 138 Å². The van der Waals surface area contributed by atoms with Crippen LogP contribution < -0.4 is 11.5 Å². The van der Waals surface area contributed by atoms with Crippen molar-refractivity contribution in [3.8, 4) is 0 Å². The van der Waals surface area contributed by atoms with E-state index in [0.717, 1.165) is 12.1 Å². The first-order valence-corrected chi connectivity index (χ1v) is 5.41. The van der Waals surface area contributed by atoms with Gasteiger partial charge in [-0.05, 0) is 12.1 Å². The molecule has 2 aromatic carbocycles. The molecule has 0 spiro atoms. The Morgan fingerprint density at radius 2 is 1.00 bits per heavy atom. The largest absolute Gasteiger partial charge is 0.397 e. The number of para-hydroxylation sites is 4. The molecule has 0 amide bonds. The lowest BCUT2D eigenvalue weighted by Gasteiger charge is -1.94. The van der Waals surface area contributed by atoms with Crippen molar-refractivity contribution in [2.75, 3.05) is 11.5 Å². The Balaban J connectivity index is 0.000000217. The molecule has 0 radical (unpaired) electrons. The van der Waals surface area contributed by atoms with Crippen LogP contribution >= 0.6 is 0 Å². The van der Waals surface area contributed by atoms with E-state index in [0.29, 0.717) is 11.4 Å². The first-order valence-electron chi connectivity index (χ1n) is 5.41. The van der Waals surface area contributed by atoms with Crippen molar-refractivity contribution >= 4 is 22.7 Å². The van der Waals surface area contributed by atoms with Gasteiger partial charge in [0.25, 0.3) is 0 Å². The second kappa shape index (κ2) is 6.69. The Hall–Kier alpha value is -3.16. The number of nitro benzene ring substituents is 2. The summed E-state index contributed by atoms with van der Waals surface area (Å²) in [5.41, 5.74) is 11.1. The molecule has 0 aliphatic carbocycles. The van der Waals surface area contributed by atoms with Gasteiger partial charge in [0.05, 0.1) is 21.2 Å². The Labute approximate surface area is 113 Å². The van der Waals surface area contributed by atoms with Gasteiger partial charge in [-0.15, -0.1) is 0 Å². The number of rotatable bonds is 2. The van der Waals surface area contributed by atoms with Gasteiger partial charge in [0.1, 0.15) is 0 Å². The van der Waals surface area contributed by atoms with Crippen molar-refractivity contribution in [1.82, 2.24) is 0 Å². The Morgan fingerprint density at radius 1 is 0.700 bits per heavy atom. The lowest BCUT2D eigenvalue weighted by atomic mass is 10.3. The van der Waals surface area contributed by atoms with E-state index < -0.39 is 21.2 Å². The molecule has 20 heavy (non-hydrogen) atoms. The predicted molar refractivity (Wildman–Crippen MR) is 75.0 cm³/mol. The molecule has 0 atom stereocenters. The summed E-state index contributed by atoms with van der Waals surface area (Å²) in [5, 5.41) is 20.5. The van der Waals surface area contributed by atoms with Crippen LogP contribution in [-0.2, 0) is 0 Å². The highest BCUT2D eigenvalue weighted by Gasteiger charge is 2.21. The minimum atomic E-state index is -0.780. The highest BCUT2D eigenvalue weighted by Crippen LogP contribution is 2.24. The molecular weight excluding hydrogens is 264 g/mol. The van der Waals surface area contributed by atoms with Gasteiger partial charge in [0.15, 0.2) is 0 Å². The van der Waals surface area contributed by atoms with Crippen LogP contribution in [0.4, 0.5) is 22.7 Å². The van der Waals surface area contributed by atoms with Gasteiger partial charge in [0.2, 0.25) is 0 Å². The molecule has 0 heterocycles. The van der Waals surface area contributed by atoms with Crippen LogP contribution in [0, 0.1) is 20.2 Å². The Kier molecular flexibility index (Phi) is 4.98. The number of benzene rings is 2. The number of nitrogens with zero attached hydrogens (tertiary/aromatic N) is 2. The van der Waals surface area contributed by atoms with Crippen molar-refractivity contribution in [3.63, 3.8) is 0 Å². The minimum absolute atomic E-state index is 0.484. The number of nitrogens with two attached hydrogens (primary N) is 2. The number of anilines is 2. The minimum Gasteiger partial charge on any atom is -0.397 e. The quantitative estimate of drug-likeness (QED) is 0.490. The maximum Gasteiger partial charge on any atom is 0.346 e. The van der Waals surface area contributed by atoms with Gasteiger partial charge in [-0.25, -0.2) is 0 Å². The van der Waals surface area contributed by atoms with Crippen LogP contribution in [0.25, 0.3) is 0 Å². The number of hydrogen-bond donors (Lipinski definition) is 2. The third-order valence-electron chi connectivity index (χ3n) is 2.27. The summed E-state index contributed by atoms with van der Waals surface area (Å²) >= 11 is 0. The van der Waals surface area contributed by atoms with Crippen molar-refractivity contribution < 1.29 is 9.85 Å². The van der Waals surface area contributed by atoms with Crippen LogP contribution in [0.15, 0.2) is 48.5 Å². The van der Waals surface area contributed by atoms with Crippen LogP contribution in [0.1, 0.15) is 0 Å². The van der Waals surface area contributed by atoms with Gasteiger partial charge in [0, 0.05) is 12.1 Å². The molecule has 8 heteroatoms. The fraction of sp³-hybridized carbons (Fsp3) is 0. The molecule has 0 aliphatic rings. The molecule has 0 saturated carbocycles. The van der Waals surface area contributed by atoms with Crippen molar-refractivity contribution in [3.05, 3.63) is 68.8 Å². The zero-order valence-electron chi connectivity index (χ0n) is 10.3. The highest BCUT2D eigenvalue weighted by molar-refractivity contribution is 5.62. The fourth-order valence-corrected chi connectivity index (χ4v) is 1.28. The third-order valence-corrected chi connectivity index (χ3v) is 2.27. The zero-order valence-corrected chi connectivity index (χ0v) is 10.3. The smallest absolute Gasteiger partial charge is 0.346 e. The van der Waals surface area contributed by atoms with E-state index in [4.69, 9.17) is 11.5 Å². The summed E-state index contributed by atoms with van der Waals surface area (Å²) in [6, 6.07) is 12.2. The maximum absolute atomic E-state index is 10.2. The van der Waals surface area contributed by atoms with Crippen molar-refractivity contribution in [1.29, 1.82) is 0 Å². The molecule has 2 rings (SSSR count). The summed E-state index contributed by atoms with van der Waals surface area (Å²) < 4.78 is 0. The molecule has 0 bridgehead atoms. The van der Waals surface area contributed by atoms with Gasteiger partial charge in [-0.2, -0.15) is 0 Å². The summed E-state index contributed by atoms with van der Waals surface area (Å²) in [5.74, 6) is 0. The summed E-state index contributed by atoms with van der Waals surface area (Å²) in [6.45, 7) is 0. The first-order chi connectivity index (χ1) is 9.43. The van der Waals surface area contributed by atoms with E-state index in [2.05, 4.69) is 0 Å². The van der Waals surface area contributed by atoms with Crippen LogP contribution in [-0.4, -0.2) is 9.85 Å². The molecule has 0 unspecified atom stereocenters. The number of hydrogen-bond acceptors (Lipinski definition) is 6. The lowest BCUT2D eigenvalue weighted by molar-refractivity contribution is -0.422. The zero-order chi connectivity index (χ0) is 15.1. The fourth-order valence-electron chi connectivity index (χ4n) is 1.28. The van der Waals surface area contributed by atoms with Gasteiger partial charge in [-0.3, -0.25) is 20.2 Å². The lowest BCUT2D eigenvalue weighted by Crippen LogP contribution is -1.95. The molecule has 0 saturated heterocycles. The first kappa shape index (κ1) is 14.9. The second-order valence-electron chi connectivity index (χ2n) is 3.63. The SMILES string of the molecule is Nc1ccccc1N.O=[N+]([O-])c1ccccc1[N+](=O)[O-]. The summed E-state index contributed by atoms with van der Waals surface area (Å²) in [4.78, 5) is 18.9. The normalized spacial score (nSPS) is 9.20. The van der Waals surface area contributed by atoms with Crippen LogP contribution in [0.5, 0.6) is 0 Å². The second-order valence-corrected chi connectivity index (χ2v) is 3.63. The molecule has 0 aromatic heterocycles. The molecule has 4 N–H and O–H groups in total. The molecule has 0 aliphatic heterocycles. The van der Waals surface area contributed by atoms with E-state index in [1.165, 1.54) is 12.1 Å². The monoisotopic (exact) mass is 276 g/mol. The standard InChI is InChI=1S/C6H4N2O4.C6H8N2/c9-7(10)5-3-1-2-4-6(5)8(11)12;7-5-3-1-2-4-6(5)8/h1-4H;1-4H,7-8H2. The van der Waals surface area contributed by atoms with E-state index in [9.17, 15) is 20.2 Å². The van der Waals surface area contributed by atoms with E-state index in [1.54, 1.807) is 12.1 Å². The average molecular weight is 276 g/mol. The van der Waals surface area contributed by atoms with Gasteiger partial charge in [-0.1, -0.05) is 24.3 Å². The molecule has 104 valence electrons. The predicted octanol–water partition coefficient (Wildman–Crippen LogP) is 2.35. The number of nitro groups is 2. The van der Waals surface area contributed by atoms with Crippen molar-refractivity contribution in [2.45, 2.75) is 0 Å². The number of nitrogen functional groups attached to an aromatic ring is 2. The molecular formula is C12H12N4O4. The molecule has 0 fully saturated rings. The van der Waals surface area contributed by atoms with E-state index >= 15 is 0 Å². The molecule has 2 aromatic rings. The van der Waals surface area contributed by atoms with E-state index in [-0.39, 0.29) is 0 Å². The van der Waals surface area contributed by atoms with Crippen LogP contribution in [0.2, 0.25) is 0 Å². The summed E-state index contributed by atoms with van der Waals surface area (Å²) in [7, 11) is 0. The maximum atomic E-state index is 10.2. The van der Waals surface area contributed by atoms with Crippen LogP contribution in [0.3, 0.4) is 0 Å². The van der Waals surface area contributed by atoms with Crippen molar-refractivity contribution in [2.24, 2.45) is 0 Å². The summed E-state index contributed by atoms with van der Waals surface area (Å²) in [6.07, 6.45) is 0. The highest BCUT2D eigenvalue weighted by atomic mass is 16.6. The van der Waals surface area contributed by atoms with Gasteiger partial charge < -0.3 is 11.5 Å². The molecule has 8 nitrogen and oxygen atoms in total. The third kappa shape index (κ3) is 3.95. The Bertz CT molecular complexity index is 576. The van der Waals surface area contributed by atoms with Gasteiger partial charge >= 0.3 is 11.4 Å².